The molecular formula is C10H15BrF3N3O. The zero-order valence-electron chi connectivity index (χ0n) is 10.4. The Hall–Kier alpha value is -0.630. The fraction of sp³-hybridized carbons (Fsp3) is 0.800. The number of hydrogen-bond donors (Lipinski definition) is 0. The monoisotopic (exact) mass is 329 g/mol. The van der Waals surface area contributed by atoms with Crippen LogP contribution < -0.4 is 0 Å². The number of aromatic nitrogens is 3. The SMILES string of the molecule is CC(C)(C)n1c(CBr)nnc1COCC(F)(F)F. The Morgan fingerprint density at radius 1 is 1.17 bits per heavy atom. The smallest absolute Gasteiger partial charge is 0.364 e. The van der Waals surface area contributed by atoms with Crippen LogP contribution in [-0.2, 0) is 22.2 Å². The van der Waals surface area contributed by atoms with E-state index in [1.807, 2.05) is 20.8 Å². The molecule has 0 aliphatic heterocycles. The minimum Gasteiger partial charge on any atom is -0.364 e. The molecule has 0 radical (unpaired) electrons. The summed E-state index contributed by atoms with van der Waals surface area (Å²) in [5.41, 5.74) is -0.316. The summed E-state index contributed by atoms with van der Waals surface area (Å²) in [5.74, 6) is 1.05. The highest BCUT2D eigenvalue weighted by Crippen LogP contribution is 2.21. The summed E-state index contributed by atoms with van der Waals surface area (Å²) >= 11 is 3.27. The summed E-state index contributed by atoms with van der Waals surface area (Å²) in [7, 11) is 0. The molecule has 0 spiro atoms. The summed E-state index contributed by atoms with van der Waals surface area (Å²) in [5, 5.41) is 8.27. The van der Waals surface area contributed by atoms with Crippen molar-refractivity contribution in [3.8, 4) is 0 Å². The topological polar surface area (TPSA) is 39.9 Å². The molecule has 18 heavy (non-hydrogen) atoms. The molecule has 104 valence electrons. The van der Waals surface area contributed by atoms with Crippen LogP contribution in [0.4, 0.5) is 13.2 Å². The molecule has 0 aromatic carbocycles. The summed E-state index contributed by atoms with van der Waals surface area (Å²) in [6.07, 6.45) is -4.33. The first-order valence-electron chi connectivity index (χ1n) is 5.29. The van der Waals surface area contributed by atoms with Crippen LogP contribution in [-0.4, -0.2) is 27.5 Å². The second-order valence-corrected chi connectivity index (χ2v) is 5.34. The summed E-state index contributed by atoms with van der Waals surface area (Å²) in [6.45, 7) is 4.28. The first-order chi connectivity index (χ1) is 8.15. The molecule has 0 saturated heterocycles. The van der Waals surface area contributed by atoms with E-state index < -0.39 is 12.8 Å². The van der Waals surface area contributed by atoms with Crippen molar-refractivity contribution >= 4 is 15.9 Å². The maximum absolute atomic E-state index is 12.0. The Morgan fingerprint density at radius 3 is 2.17 bits per heavy atom. The highest BCUT2D eigenvalue weighted by molar-refractivity contribution is 9.08. The van der Waals surface area contributed by atoms with Gasteiger partial charge in [0.05, 0.1) is 5.33 Å². The van der Waals surface area contributed by atoms with E-state index in [0.717, 1.165) is 0 Å². The van der Waals surface area contributed by atoms with Crippen LogP contribution in [0.1, 0.15) is 32.4 Å². The van der Waals surface area contributed by atoms with E-state index in [1.165, 1.54) is 0 Å². The Balaban J connectivity index is 2.81. The minimum absolute atomic E-state index is 0.212. The summed E-state index contributed by atoms with van der Waals surface area (Å²) < 4.78 is 42.4. The molecule has 1 heterocycles. The van der Waals surface area contributed by atoms with Crippen molar-refractivity contribution in [2.45, 2.75) is 44.4 Å². The Morgan fingerprint density at radius 2 is 1.72 bits per heavy atom. The number of ether oxygens (including phenoxy) is 1. The van der Waals surface area contributed by atoms with Crippen LogP contribution in [0, 0.1) is 0 Å². The zero-order valence-corrected chi connectivity index (χ0v) is 12.0. The lowest BCUT2D eigenvalue weighted by Gasteiger charge is -2.24. The average molecular weight is 330 g/mol. The maximum atomic E-state index is 12.0. The highest BCUT2D eigenvalue weighted by Gasteiger charge is 2.28. The number of rotatable bonds is 4. The van der Waals surface area contributed by atoms with Crippen LogP contribution in [0.15, 0.2) is 0 Å². The van der Waals surface area contributed by atoms with E-state index in [4.69, 9.17) is 0 Å². The van der Waals surface area contributed by atoms with Gasteiger partial charge in [0.25, 0.3) is 0 Å². The van der Waals surface area contributed by atoms with Crippen LogP contribution in [0.3, 0.4) is 0 Å². The van der Waals surface area contributed by atoms with Crippen LogP contribution >= 0.6 is 15.9 Å². The molecule has 0 N–H and O–H groups in total. The van der Waals surface area contributed by atoms with Crippen molar-refractivity contribution in [2.24, 2.45) is 0 Å². The Labute approximate surface area is 112 Å². The molecule has 0 amide bonds. The van der Waals surface area contributed by atoms with Gasteiger partial charge in [-0.1, -0.05) is 15.9 Å². The highest BCUT2D eigenvalue weighted by atomic mass is 79.9. The van der Waals surface area contributed by atoms with Crippen molar-refractivity contribution in [1.29, 1.82) is 0 Å². The lowest BCUT2D eigenvalue weighted by molar-refractivity contribution is -0.177. The lowest BCUT2D eigenvalue weighted by atomic mass is 10.1. The van der Waals surface area contributed by atoms with Crippen molar-refractivity contribution < 1.29 is 17.9 Å². The second kappa shape index (κ2) is 5.56. The standard InChI is InChI=1S/C10H15BrF3N3O/c1-9(2,3)17-7(4-11)15-16-8(17)5-18-6-10(12,13)14/h4-6H2,1-3H3. The molecule has 0 saturated carbocycles. The van der Waals surface area contributed by atoms with Gasteiger partial charge in [-0.3, -0.25) is 0 Å². The molecule has 0 bridgehead atoms. The fourth-order valence-electron chi connectivity index (χ4n) is 1.57. The third kappa shape index (κ3) is 4.24. The van der Waals surface area contributed by atoms with Crippen LogP contribution in [0.2, 0.25) is 0 Å². The van der Waals surface area contributed by atoms with Gasteiger partial charge in [0, 0.05) is 5.54 Å². The van der Waals surface area contributed by atoms with E-state index in [-0.39, 0.29) is 12.1 Å². The van der Waals surface area contributed by atoms with Gasteiger partial charge in [-0.2, -0.15) is 13.2 Å². The molecule has 4 nitrogen and oxygen atoms in total. The predicted octanol–water partition coefficient (Wildman–Crippen LogP) is 3.01. The summed E-state index contributed by atoms with van der Waals surface area (Å²) in [6, 6.07) is 0. The van der Waals surface area contributed by atoms with Crippen molar-refractivity contribution in [3.05, 3.63) is 11.6 Å². The number of nitrogens with zero attached hydrogens (tertiary/aromatic N) is 3. The van der Waals surface area contributed by atoms with Crippen molar-refractivity contribution in [3.63, 3.8) is 0 Å². The minimum atomic E-state index is -4.33. The third-order valence-electron chi connectivity index (χ3n) is 2.08. The molecule has 1 aromatic rings. The fourth-order valence-corrected chi connectivity index (χ4v) is 1.93. The predicted molar refractivity (Wildman–Crippen MR) is 63.4 cm³/mol. The quantitative estimate of drug-likeness (QED) is 0.797. The van der Waals surface area contributed by atoms with E-state index in [1.54, 1.807) is 4.57 Å². The molecule has 1 rings (SSSR count). The molecule has 0 fully saturated rings. The number of hydrogen-bond acceptors (Lipinski definition) is 3. The first-order valence-corrected chi connectivity index (χ1v) is 6.41. The van der Waals surface area contributed by atoms with E-state index in [9.17, 15) is 13.2 Å². The van der Waals surface area contributed by atoms with E-state index in [2.05, 4.69) is 30.9 Å². The molecule has 8 heteroatoms. The van der Waals surface area contributed by atoms with Gasteiger partial charge < -0.3 is 9.30 Å². The normalized spacial score (nSPS) is 13.1. The van der Waals surface area contributed by atoms with Crippen LogP contribution in [0.5, 0.6) is 0 Å². The summed E-state index contributed by atoms with van der Waals surface area (Å²) in [4.78, 5) is 0. The first kappa shape index (κ1) is 15.4. The van der Waals surface area contributed by atoms with Gasteiger partial charge >= 0.3 is 6.18 Å². The largest absolute Gasteiger partial charge is 0.411 e. The Kier molecular flexibility index (Phi) is 4.77. The molecule has 0 aliphatic carbocycles. The van der Waals surface area contributed by atoms with Gasteiger partial charge in [0.15, 0.2) is 5.82 Å². The molecular weight excluding hydrogens is 315 g/mol. The molecule has 0 aliphatic rings. The van der Waals surface area contributed by atoms with Crippen molar-refractivity contribution in [2.75, 3.05) is 6.61 Å². The lowest BCUT2D eigenvalue weighted by Crippen LogP contribution is -2.27. The van der Waals surface area contributed by atoms with E-state index in [0.29, 0.717) is 17.0 Å². The molecule has 0 atom stereocenters. The van der Waals surface area contributed by atoms with E-state index >= 15 is 0 Å². The Bertz CT molecular complexity index is 398. The van der Waals surface area contributed by atoms with Gasteiger partial charge in [-0.25, -0.2) is 0 Å². The van der Waals surface area contributed by atoms with Gasteiger partial charge in [0.2, 0.25) is 0 Å². The van der Waals surface area contributed by atoms with Gasteiger partial charge in [0.1, 0.15) is 19.0 Å². The second-order valence-electron chi connectivity index (χ2n) is 4.78. The maximum Gasteiger partial charge on any atom is 0.411 e. The molecule has 1 aromatic heterocycles. The van der Waals surface area contributed by atoms with Crippen molar-refractivity contribution in [1.82, 2.24) is 14.8 Å². The third-order valence-corrected chi connectivity index (χ3v) is 2.59. The van der Waals surface area contributed by atoms with Gasteiger partial charge in [-0.15, -0.1) is 10.2 Å². The van der Waals surface area contributed by atoms with Crippen LogP contribution in [0.25, 0.3) is 0 Å². The average Bonchev–Trinajstić information content (AvgIpc) is 2.58. The number of halogens is 4. The zero-order chi connectivity index (χ0) is 14.0. The number of alkyl halides is 4. The van der Waals surface area contributed by atoms with Gasteiger partial charge in [-0.05, 0) is 20.8 Å². The molecule has 0 unspecified atom stereocenters.